The number of H-pyrrole nitrogens is 1. The third kappa shape index (κ3) is 6.14. The molecule has 13 heteroatoms. The molecule has 3 N–H and O–H groups in total. The summed E-state index contributed by atoms with van der Waals surface area (Å²) >= 11 is 0. The lowest BCUT2D eigenvalue weighted by Gasteiger charge is -2.48. The molecule has 7 rings (SSSR count). The molecule has 3 aliphatic heterocycles. The van der Waals surface area contributed by atoms with Gasteiger partial charge in [-0.25, -0.2) is 8.42 Å². The SMILES string of the molecule is COc1cc(N2CCC(N3C[C@@H](C)N(C)[C@@H](C)C3)CC2)c(C)cc1Nc1nc(Nc2cccc3c2N(S(C)(=O)=O)CC3)c2cc[nH]c2n1. The molecule has 3 aliphatic rings. The highest BCUT2D eigenvalue weighted by molar-refractivity contribution is 7.92. The summed E-state index contributed by atoms with van der Waals surface area (Å²) in [6, 6.07) is 13.7. The number of likely N-dealkylation sites (N-methyl/N-ethyl adjacent to an activating group) is 1. The number of aromatic nitrogens is 3. The van der Waals surface area contributed by atoms with Gasteiger partial charge in [-0.15, -0.1) is 0 Å². The number of methoxy groups -OCH3 is 1. The lowest BCUT2D eigenvalue weighted by atomic mass is 9.98. The highest BCUT2D eigenvalue weighted by Gasteiger charge is 2.33. The Balaban J connectivity index is 1.11. The third-order valence-corrected chi connectivity index (χ3v) is 11.7. The maximum Gasteiger partial charge on any atom is 0.232 e. The van der Waals surface area contributed by atoms with Crippen molar-refractivity contribution in [1.29, 1.82) is 0 Å². The van der Waals surface area contributed by atoms with E-state index < -0.39 is 10.0 Å². The van der Waals surface area contributed by atoms with Crippen LogP contribution < -0.4 is 24.6 Å². The first-order chi connectivity index (χ1) is 23.0. The molecule has 2 aromatic carbocycles. The van der Waals surface area contributed by atoms with Gasteiger partial charge in [-0.2, -0.15) is 9.97 Å². The predicted octanol–water partition coefficient (Wildman–Crippen LogP) is 5.08. The molecule has 2 fully saturated rings. The second-order valence-electron chi connectivity index (χ2n) is 13.7. The van der Waals surface area contributed by atoms with Gasteiger partial charge in [0.1, 0.15) is 17.2 Å². The van der Waals surface area contributed by atoms with E-state index in [1.165, 1.54) is 16.2 Å². The Bertz CT molecular complexity index is 1910. The van der Waals surface area contributed by atoms with Gasteiger partial charge in [0.05, 0.1) is 35.8 Å². The number of fused-ring (bicyclic) bond motifs is 2. The van der Waals surface area contributed by atoms with E-state index in [-0.39, 0.29) is 0 Å². The molecule has 48 heavy (non-hydrogen) atoms. The normalized spacial score (nSPS) is 21.1. The summed E-state index contributed by atoms with van der Waals surface area (Å²) < 4.78 is 32.6. The largest absolute Gasteiger partial charge is 0.494 e. The zero-order valence-electron chi connectivity index (χ0n) is 28.7. The van der Waals surface area contributed by atoms with Gasteiger partial charge < -0.3 is 25.3 Å². The van der Waals surface area contributed by atoms with Crippen LogP contribution in [0.2, 0.25) is 0 Å². The van der Waals surface area contributed by atoms with Crippen LogP contribution in [0.4, 0.5) is 34.5 Å². The van der Waals surface area contributed by atoms with Crippen molar-refractivity contribution in [2.45, 2.75) is 58.2 Å². The van der Waals surface area contributed by atoms with Gasteiger partial charge in [0.15, 0.2) is 0 Å². The Morgan fingerprint density at radius 2 is 1.73 bits per heavy atom. The number of aromatic amines is 1. The van der Waals surface area contributed by atoms with E-state index in [1.807, 2.05) is 30.5 Å². The monoisotopic (exact) mass is 673 g/mol. The summed E-state index contributed by atoms with van der Waals surface area (Å²) in [4.78, 5) is 20.5. The molecule has 5 heterocycles. The van der Waals surface area contributed by atoms with Crippen LogP contribution in [-0.4, -0.2) is 104 Å². The molecule has 0 aliphatic carbocycles. The summed E-state index contributed by atoms with van der Waals surface area (Å²) in [5, 5.41) is 7.63. The van der Waals surface area contributed by atoms with Gasteiger partial charge in [-0.1, -0.05) is 12.1 Å². The topological polar surface area (TPSA) is 122 Å². The minimum absolute atomic E-state index is 0.391. The number of piperazine rings is 1. The Morgan fingerprint density at radius 3 is 2.44 bits per heavy atom. The number of nitrogens with one attached hydrogen (secondary N) is 3. The first-order valence-electron chi connectivity index (χ1n) is 16.9. The summed E-state index contributed by atoms with van der Waals surface area (Å²) in [6.45, 7) is 11.5. The molecule has 0 saturated carbocycles. The van der Waals surface area contributed by atoms with Crippen molar-refractivity contribution in [3.05, 3.63) is 53.7 Å². The van der Waals surface area contributed by atoms with Crippen molar-refractivity contribution >= 4 is 55.6 Å². The highest BCUT2D eigenvalue weighted by atomic mass is 32.2. The van der Waals surface area contributed by atoms with Crippen LogP contribution in [0.15, 0.2) is 42.6 Å². The summed E-state index contributed by atoms with van der Waals surface area (Å²) in [6.07, 6.45) is 6.03. The molecule has 12 nitrogen and oxygen atoms in total. The van der Waals surface area contributed by atoms with E-state index in [4.69, 9.17) is 14.7 Å². The highest BCUT2D eigenvalue weighted by Crippen LogP contribution is 2.40. The Kier molecular flexibility index (Phi) is 8.63. The minimum Gasteiger partial charge on any atom is -0.494 e. The van der Waals surface area contributed by atoms with Crippen molar-refractivity contribution in [2.75, 3.05) is 73.0 Å². The molecule has 2 atom stereocenters. The molecule has 0 radical (unpaired) electrons. The zero-order valence-corrected chi connectivity index (χ0v) is 29.6. The van der Waals surface area contributed by atoms with Gasteiger partial charge in [0, 0.05) is 68.8 Å². The van der Waals surface area contributed by atoms with E-state index >= 15 is 0 Å². The fraction of sp³-hybridized carbons (Fsp3) is 0.486. The predicted molar refractivity (Wildman–Crippen MR) is 194 cm³/mol. The van der Waals surface area contributed by atoms with Crippen LogP contribution in [0.3, 0.4) is 0 Å². The fourth-order valence-electron chi connectivity index (χ4n) is 7.69. The first kappa shape index (κ1) is 32.5. The van der Waals surface area contributed by atoms with Crippen molar-refractivity contribution in [3.8, 4) is 5.75 Å². The van der Waals surface area contributed by atoms with Gasteiger partial charge in [-0.05, 0) is 76.4 Å². The van der Waals surface area contributed by atoms with Gasteiger partial charge in [-0.3, -0.25) is 14.1 Å². The number of nitrogens with zero attached hydrogens (tertiary/aromatic N) is 6. The van der Waals surface area contributed by atoms with Crippen LogP contribution in [-0.2, 0) is 16.4 Å². The summed E-state index contributed by atoms with van der Waals surface area (Å²) in [5.74, 6) is 1.67. The fourth-order valence-corrected chi connectivity index (χ4v) is 8.66. The molecule has 0 spiro atoms. The van der Waals surface area contributed by atoms with E-state index in [0.29, 0.717) is 65.6 Å². The van der Waals surface area contributed by atoms with Crippen LogP contribution in [0.1, 0.15) is 37.8 Å². The average molecular weight is 674 g/mol. The molecule has 0 bridgehead atoms. The number of para-hydroxylation sites is 1. The van der Waals surface area contributed by atoms with Crippen LogP contribution in [0, 0.1) is 6.92 Å². The van der Waals surface area contributed by atoms with E-state index in [9.17, 15) is 8.42 Å². The number of aryl methyl sites for hydroxylation is 1. The number of anilines is 6. The molecule has 4 aromatic rings. The minimum atomic E-state index is -3.43. The van der Waals surface area contributed by atoms with Crippen molar-refractivity contribution in [2.24, 2.45) is 0 Å². The number of rotatable bonds is 8. The van der Waals surface area contributed by atoms with Crippen molar-refractivity contribution < 1.29 is 13.2 Å². The first-order valence-corrected chi connectivity index (χ1v) is 18.7. The smallest absolute Gasteiger partial charge is 0.232 e. The average Bonchev–Trinajstić information content (AvgIpc) is 3.72. The van der Waals surface area contributed by atoms with E-state index in [1.54, 1.807) is 7.11 Å². The maximum atomic E-state index is 12.6. The molecular weight excluding hydrogens is 627 g/mol. The lowest BCUT2D eigenvalue weighted by molar-refractivity contribution is 0.0270. The molecule has 2 saturated heterocycles. The second kappa shape index (κ2) is 12.8. The molecular formula is C35H47N9O3S. The molecule has 0 unspecified atom stereocenters. The van der Waals surface area contributed by atoms with Crippen LogP contribution in [0.5, 0.6) is 5.75 Å². The molecule has 256 valence electrons. The summed E-state index contributed by atoms with van der Waals surface area (Å²) in [7, 11) is 0.506. The van der Waals surface area contributed by atoms with Gasteiger partial charge in [0.25, 0.3) is 0 Å². The zero-order chi connectivity index (χ0) is 33.7. The second-order valence-corrected chi connectivity index (χ2v) is 15.6. The quantitative estimate of drug-likeness (QED) is 0.234. The number of piperidine rings is 1. The number of sulfonamides is 1. The summed E-state index contributed by atoms with van der Waals surface area (Å²) in [5.41, 5.74) is 6.10. The van der Waals surface area contributed by atoms with E-state index in [2.05, 4.69) is 70.3 Å². The van der Waals surface area contributed by atoms with Crippen LogP contribution >= 0.6 is 0 Å². The van der Waals surface area contributed by atoms with Crippen molar-refractivity contribution in [1.82, 2.24) is 24.8 Å². The standard InChI is InChI=1S/C35H47N9O3S/c1-22-18-29(31(47-5)19-30(22)42-15-12-26(13-16-42)43-20-23(2)41(4)24(3)21-43)38-35-39-33-27(10-14-36-33)34(40-35)37-28-9-7-8-25-11-17-44(32(25)28)48(6,45)46/h7-10,14,18-19,23-24,26H,11-13,15-17,20-21H2,1-6H3,(H3,36,37,38,39,40)/t23-,24+. The maximum absolute atomic E-state index is 12.6. The van der Waals surface area contributed by atoms with Gasteiger partial charge >= 0.3 is 0 Å². The third-order valence-electron chi connectivity index (χ3n) is 10.5. The Labute approximate surface area is 283 Å². The molecule has 2 aromatic heterocycles. The lowest BCUT2D eigenvalue weighted by Crippen LogP contribution is -2.59. The molecule has 0 amide bonds. The number of ether oxygens (including phenoxy) is 1. The number of hydrogen-bond donors (Lipinski definition) is 3. The Morgan fingerprint density at radius 1 is 0.979 bits per heavy atom. The Hall–Kier alpha value is -4.07. The van der Waals surface area contributed by atoms with Crippen molar-refractivity contribution in [3.63, 3.8) is 0 Å². The number of hydrogen-bond acceptors (Lipinski definition) is 10. The van der Waals surface area contributed by atoms with Crippen LogP contribution in [0.25, 0.3) is 11.0 Å². The van der Waals surface area contributed by atoms with E-state index in [0.717, 1.165) is 61.2 Å². The number of benzene rings is 2. The van der Waals surface area contributed by atoms with Gasteiger partial charge in [0.2, 0.25) is 16.0 Å².